The lowest BCUT2D eigenvalue weighted by Crippen LogP contribution is -2.33. The van der Waals surface area contributed by atoms with Crippen molar-refractivity contribution >= 4 is 46.7 Å². The summed E-state index contributed by atoms with van der Waals surface area (Å²) in [4.78, 5) is 51.9. The molecule has 1 N–H and O–H groups in total. The maximum Gasteiger partial charge on any atom is 0.343 e. The summed E-state index contributed by atoms with van der Waals surface area (Å²) < 4.78 is 10.6. The first-order chi connectivity index (χ1) is 17.8. The van der Waals surface area contributed by atoms with Crippen LogP contribution in [0.3, 0.4) is 0 Å². The van der Waals surface area contributed by atoms with Gasteiger partial charge >= 0.3 is 11.9 Å². The number of amides is 2. The number of hydrogen-bond donors (Lipinski definition) is 1. The molecule has 4 rings (SSSR count). The van der Waals surface area contributed by atoms with Crippen LogP contribution in [0, 0.1) is 6.92 Å². The van der Waals surface area contributed by atoms with E-state index in [2.05, 4.69) is 5.32 Å². The molecule has 3 aromatic carbocycles. The molecule has 1 aliphatic heterocycles. The van der Waals surface area contributed by atoms with Gasteiger partial charge in [-0.3, -0.25) is 9.59 Å². The number of esters is 2. The third kappa shape index (κ3) is 5.54. The molecule has 1 aliphatic rings. The van der Waals surface area contributed by atoms with Crippen molar-refractivity contribution in [1.82, 2.24) is 0 Å². The second kappa shape index (κ2) is 11.1. The Morgan fingerprint density at radius 3 is 2.35 bits per heavy atom. The van der Waals surface area contributed by atoms with E-state index >= 15 is 0 Å². The molecular formula is C28H23ClN2O6. The lowest BCUT2D eigenvalue weighted by Gasteiger charge is -2.18. The number of carbonyl (C=O) groups excluding carboxylic acids is 4. The van der Waals surface area contributed by atoms with E-state index in [1.54, 1.807) is 42.5 Å². The molecule has 0 spiro atoms. The Kier molecular flexibility index (Phi) is 7.69. The van der Waals surface area contributed by atoms with E-state index in [-0.39, 0.29) is 28.6 Å². The van der Waals surface area contributed by atoms with Crippen molar-refractivity contribution in [3.63, 3.8) is 0 Å². The SMILES string of the molecule is CCCOC(=O)c1ccccc1N1C(=O)C(Cl)=C(Nc2ccc(C(=O)Oc3cccc(C)c3)cc2)C1=O. The molecule has 8 nitrogen and oxygen atoms in total. The van der Waals surface area contributed by atoms with E-state index < -0.39 is 23.8 Å². The van der Waals surface area contributed by atoms with Crippen LogP contribution in [0.1, 0.15) is 39.6 Å². The highest BCUT2D eigenvalue weighted by atomic mass is 35.5. The van der Waals surface area contributed by atoms with Crippen molar-refractivity contribution in [3.8, 4) is 5.75 Å². The Bertz CT molecular complexity index is 1410. The van der Waals surface area contributed by atoms with Gasteiger partial charge in [0.2, 0.25) is 0 Å². The van der Waals surface area contributed by atoms with Gasteiger partial charge in [-0.1, -0.05) is 42.8 Å². The Balaban J connectivity index is 1.50. The van der Waals surface area contributed by atoms with Gasteiger partial charge in [-0.15, -0.1) is 0 Å². The van der Waals surface area contributed by atoms with Gasteiger partial charge in [-0.2, -0.15) is 0 Å². The molecule has 37 heavy (non-hydrogen) atoms. The molecule has 0 aliphatic carbocycles. The summed E-state index contributed by atoms with van der Waals surface area (Å²) >= 11 is 6.23. The van der Waals surface area contributed by atoms with Crippen molar-refractivity contribution < 1.29 is 28.7 Å². The molecule has 0 bridgehead atoms. The average molecular weight is 519 g/mol. The van der Waals surface area contributed by atoms with Crippen molar-refractivity contribution in [2.45, 2.75) is 20.3 Å². The van der Waals surface area contributed by atoms with Crippen LogP contribution in [-0.2, 0) is 14.3 Å². The molecule has 0 unspecified atom stereocenters. The van der Waals surface area contributed by atoms with Gasteiger partial charge in [-0.25, -0.2) is 14.5 Å². The maximum atomic E-state index is 13.2. The van der Waals surface area contributed by atoms with E-state index in [1.165, 1.54) is 24.3 Å². The van der Waals surface area contributed by atoms with E-state index in [1.807, 2.05) is 19.9 Å². The molecule has 0 aromatic heterocycles. The van der Waals surface area contributed by atoms with Crippen LogP contribution >= 0.6 is 11.6 Å². The average Bonchev–Trinajstić information content (AvgIpc) is 3.10. The van der Waals surface area contributed by atoms with Crippen LogP contribution in [0.15, 0.2) is 83.5 Å². The summed E-state index contributed by atoms with van der Waals surface area (Å²) in [5, 5.41) is 2.52. The Hall–Kier alpha value is -4.43. The molecule has 9 heteroatoms. The molecule has 2 amide bonds. The largest absolute Gasteiger partial charge is 0.462 e. The van der Waals surface area contributed by atoms with E-state index in [0.29, 0.717) is 23.4 Å². The fourth-order valence-corrected chi connectivity index (χ4v) is 3.84. The molecule has 3 aromatic rings. The van der Waals surface area contributed by atoms with Crippen LogP contribution in [0.25, 0.3) is 0 Å². The van der Waals surface area contributed by atoms with Gasteiger partial charge in [0.25, 0.3) is 11.8 Å². The Morgan fingerprint density at radius 2 is 1.65 bits per heavy atom. The van der Waals surface area contributed by atoms with Crippen molar-refractivity contribution in [1.29, 1.82) is 0 Å². The summed E-state index contributed by atoms with van der Waals surface area (Å²) in [6.07, 6.45) is 0.624. The van der Waals surface area contributed by atoms with Gasteiger partial charge in [0.1, 0.15) is 16.5 Å². The van der Waals surface area contributed by atoms with Gasteiger partial charge in [0.15, 0.2) is 0 Å². The quantitative estimate of drug-likeness (QED) is 0.248. The number of nitrogens with zero attached hydrogens (tertiary/aromatic N) is 1. The van der Waals surface area contributed by atoms with Crippen molar-refractivity contribution in [2.75, 3.05) is 16.8 Å². The molecule has 188 valence electrons. The van der Waals surface area contributed by atoms with Crippen LogP contribution in [0.2, 0.25) is 0 Å². The van der Waals surface area contributed by atoms with Gasteiger partial charge < -0.3 is 14.8 Å². The van der Waals surface area contributed by atoms with Crippen LogP contribution < -0.4 is 15.0 Å². The highest BCUT2D eigenvalue weighted by Crippen LogP contribution is 2.32. The summed E-state index contributed by atoms with van der Waals surface area (Å²) in [7, 11) is 0. The highest BCUT2D eigenvalue weighted by Gasteiger charge is 2.40. The lowest BCUT2D eigenvalue weighted by atomic mass is 10.1. The van der Waals surface area contributed by atoms with E-state index in [4.69, 9.17) is 21.1 Å². The first kappa shape index (κ1) is 25.7. The van der Waals surface area contributed by atoms with Gasteiger partial charge in [0, 0.05) is 5.69 Å². The highest BCUT2D eigenvalue weighted by molar-refractivity contribution is 6.53. The zero-order chi connectivity index (χ0) is 26.5. The summed E-state index contributed by atoms with van der Waals surface area (Å²) in [6.45, 7) is 3.95. The first-order valence-electron chi connectivity index (χ1n) is 11.5. The maximum absolute atomic E-state index is 13.2. The number of benzene rings is 3. The summed E-state index contributed by atoms with van der Waals surface area (Å²) in [5.74, 6) is -2.27. The topological polar surface area (TPSA) is 102 Å². The molecule has 0 atom stereocenters. The minimum atomic E-state index is -0.775. The Labute approximate surface area is 218 Å². The van der Waals surface area contributed by atoms with E-state index in [9.17, 15) is 19.2 Å². The molecule has 0 saturated carbocycles. The first-order valence-corrected chi connectivity index (χ1v) is 11.9. The Morgan fingerprint density at radius 1 is 0.919 bits per heavy atom. The number of hydrogen-bond acceptors (Lipinski definition) is 7. The monoisotopic (exact) mass is 518 g/mol. The second-order valence-electron chi connectivity index (χ2n) is 8.20. The minimum absolute atomic E-state index is 0.0693. The third-order valence-corrected chi connectivity index (χ3v) is 5.77. The number of carbonyl (C=O) groups is 4. The number of para-hydroxylation sites is 1. The fourth-order valence-electron chi connectivity index (χ4n) is 3.62. The van der Waals surface area contributed by atoms with Crippen molar-refractivity contribution in [3.05, 3.63) is 100 Å². The van der Waals surface area contributed by atoms with Gasteiger partial charge in [-0.05, 0) is 67.4 Å². The normalized spacial score (nSPS) is 13.1. The molecule has 1 heterocycles. The number of imide groups is 1. The second-order valence-corrected chi connectivity index (χ2v) is 8.57. The zero-order valence-electron chi connectivity index (χ0n) is 20.1. The fraction of sp³-hybridized carbons (Fsp3) is 0.143. The number of aryl methyl sites for hydroxylation is 1. The molecule has 0 radical (unpaired) electrons. The molecule has 0 fully saturated rings. The standard InChI is InChI=1S/C28H23ClN2O6/c1-3-15-36-28(35)21-9-4-5-10-22(21)31-25(32)23(29)24(26(31)33)30-19-13-11-18(12-14-19)27(34)37-20-8-6-7-17(2)16-20/h4-14,16,30H,3,15H2,1-2H3. The minimum Gasteiger partial charge on any atom is -0.462 e. The van der Waals surface area contributed by atoms with Crippen molar-refractivity contribution in [2.24, 2.45) is 0 Å². The summed E-state index contributed by atoms with van der Waals surface area (Å²) in [6, 6.07) is 19.4. The molecular weight excluding hydrogens is 496 g/mol. The van der Waals surface area contributed by atoms with E-state index in [0.717, 1.165) is 10.5 Å². The third-order valence-electron chi connectivity index (χ3n) is 5.42. The lowest BCUT2D eigenvalue weighted by molar-refractivity contribution is -0.120. The predicted octanol–water partition coefficient (Wildman–Crippen LogP) is 5.22. The van der Waals surface area contributed by atoms with Crippen LogP contribution in [0.5, 0.6) is 5.75 Å². The zero-order valence-corrected chi connectivity index (χ0v) is 20.9. The van der Waals surface area contributed by atoms with Gasteiger partial charge in [0.05, 0.1) is 23.4 Å². The number of nitrogens with one attached hydrogen (secondary N) is 1. The smallest absolute Gasteiger partial charge is 0.343 e. The number of halogens is 1. The number of ether oxygens (including phenoxy) is 2. The van der Waals surface area contributed by atoms with Crippen LogP contribution in [-0.4, -0.2) is 30.4 Å². The predicted molar refractivity (Wildman–Crippen MR) is 139 cm³/mol. The number of anilines is 2. The van der Waals surface area contributed by atoms with Crippen LogP contribution in [0.4, 0.5) is 11.4 Å². The molecule has 0 saturated heterocycles. The summed E-state index contributed by atoms with van der Waals surface area (Å²) in [5.41, 5.74) is 1.66. The number of rotatable bonds is 8.